The highest BCUT2D eigenvalue weighted by atomic mass is 33.1. The second kappa shape index (κ2) is 28.3. The van der Waals surface area contributed by atoms with Crippen molar-refractivity contribution in [2.24, 2.45) is 5.73 Å². The molecule has 8 unspecified atom stereocenters. The number of aromatic amines is 1. The normalized spacial score (nSPS) is 21.1. The molecular weight excluding hydrogens is 1020 g/mol. The van der Waals surface area contributed by atoms with Gasteiger partial charge in [0.05, 0.1) is 18.8 Å². The molecule has 1 aliphatic rings. The van der Waals surface area contributed by atoms with Crippen LogP contribution in [-0.4, -0.2) is 155 Å². The monoisotopic (exact) mass is 1080 g/mol. The summed E-state index contributed by atoms with van der Waals surface area (Å²) in [6.45, 7) is 0. The number of imidazole rings is 1. The molecule has 1 saturated heterocycles. The van der Waals surface area contributed by atoms with Crippen LogP contribution in [-0.2, 0) is 73.6 Å². The number of nitrogens with zero attached hydrogens (tertiary/aromatic N) is 1. The van der Waals surface area contributed by atoms with Gasteiger partial charge in [0.2, 0.25) is 41.4 Å². The van der Waals surface area contributed by atoms with E-state index in [4.69, 9.17) is 5.73 Å². The van der Waals surface area contributed by atoms with Gasteiger partial charge < -0.3 is 73.5 Å². The van der Waals surface area contributed by atoms with Gasteiger partial charge in [-0.25, -0.2) is 9.78 Å². The quantitative estimate of drug-likeness (QED) is 0.0511. The molecule has 0 spiro atoms. The highest BCUT2D eigenvalue weighted by molar-refractivity contribution is 8.76. The molecule has 8 atom stereocenters. The van der Waals surface area contributed by atoms with E-state index in [1.54, 1.807) is 30.3 Å². The summed E-state index contributed by atoms with van der Waals surface area (Å²) >= 11 is 0. The van der Waals surface area contributed by atoms with E-state index >= 15 is 0 Å². The molecule has 1 fully saturated rings. The van der Waals surface area contributed by atoms with Gasteiger partial charge >= 0.3 is 17.9 Å². The van der Waals surface area contributed by atoms with Crippen LogP contribution in [0, 0.1) is 0 Å². The van der Waals surface area contributed by atoms with Gasteiger partial charge in [-0.3, -0.25) is 43.2 Å². The topological polar surface area (TPSA) is 411 Å². The Morgan fingerprint density at radius 2 is 1.19 bits per heavy atom. The first-order valence-corrected chi connectivity index (χ1v) is 25.6. The lowest BCUT2D eigenvalue weighted by molar-refractivity contribution is -0.142. The fourth-order valence-electron chi connectivity index (χ4n) is 7.36. The van der Waals surface area contributed by atoms with Crippen molar-refractivity contribution in [2.45, 2.75) is 93.3 Å². The lowest BCUT2D eigenvalue weighted by Crippen LogP contribution is -2.61. The number of phenols is 2. The number of carbonyl (C=O) groups excluding carboxylic acids is 7. The zero-order valence-electron chi connectivity index (χ0n) is 39.8. The first-order chi connectivity index (χ1) is 35.7. The molecule has 1 aliphatic heterocycles. The maximum absolute atomic E-state index is 14.5. The SMILES string of the molecule is NC(Cc1ccc(O)cc1)C(=O)NC1CSSCC(C(=O)NC(Cc2ccc(O)cc2)C(=O)O)NC(=O)C(Cc2ccccc2)NC(=O)C(Cc2cnc[nH]2)NC(=O)C(CCC(=O)O)NC(=O)C(CC(=O)O)NC1=O. The number of phenolic OH excluding ortho intramolecular Hbond substituents is 2. The molecular formula is C48H56N10O15S2. The van der Waals surface area contributed by atoms with Crippen LogP contribution >= 0.6 is 21.6 Å². The third-order valence-corrected chi connectivity index (χ3v) is 13.8. The van der Waals surface area contributed by atoms with Crippen molar-refractivity contribution in [1.82, 2.24) is 47.2 Å². The number of hydrogen-bond donors (Lipinski definition) is 14. The van der Waals surface area contributed by atoms with E-state index in [1.165, 1.54) is 61.1 Å². The Labute approximate surface area is 435 Å². The van der Waals surface area contributed by atoms with Crippen molar-refractivity contribution in [3.8, 4) is 11.5 Å². The summed E-state index contributed by atoms with van der Waals surface area (Å²) in [5.41, 5.74) is 7.98. The fourth-order valence-corrected chi connectivity index (χ4v) is 9.69. The zero-order chi connectivity index (χ0) is 54.6. The number of rotatable bonds is 18. The number of carbonyl (C=O) groups is 10. The molecule has 0 aliphatic carbocycles. The number of benzene rings is 3. The van der Waals surface area contributed by atoms with Gasteiger partial charge in [-0.05, 0) is 53.8 Å². The van der Waals surface area contributed by atoms with Crippen LogP contribution in [0.2, 0.25) is 0 Å². The summed E-state index contributed by atoms with van der Waals surface area (Å²) < 4.78 is 0. The highest BCUT2D eigenvalue weighted by Gasteiger charge is 2.36. The number of aliphatic carboxylic acids is 3. The van der Waals surface area contributed by atoms with E-state index in [1.807, 2.05) is 0 Å². The van der Waals surface area contributed by atoms with Gasteiger partial charge in [0.25, 0.3) is 0 Å². The van der Waals surface area contributed by atoms with E-state index in [0.29, 0.717) is 22.4 Å². The van der Waals surface area contributed by atoms with E-state index in [0.717, 1.165) is 21.6 Å². The van der Waals surface area contributed by atoms with Crippen molar-refractivity contribution >= 4 is 80.8 Å². The largest absolute Gasteiger partial charge is 0.508 e. The minimum Gasteiger partial charge on any atom is -0.508 e. The van der Waals surface area contributed by atoms with Crippen LogP contribution < -0.4 is 43.0 Å². The molecule has 3 aromatic carbocycles. The van der Waals surface area contributed by atoms with E-state index in [2.05, 4.69) is 47.2 Å². The number of aromatic nitrogens is 2. The predicted molar refractivity (Wildman–Crippen MR) is 269 cm³/mol. The minimum atomic E-state index is -1.96. The second-order valence-electron chi connectivity index (χ2n) is 17.2. The van der Waals surface area contributed by atoms with Gasteiger partial charge in [0, 0.05) is 49.1 Å². The Morgan fingerprint density at radius 3 is 1.77 bits per heavy atom. The lowest BCUT2D eigenvalue weighted by atomic mass is 10.0. The Morgan fingerprint density at radius 1 is 0.640 bits per heavy atom. The van der Waals surface area contributed by atoms with Crippen molar-refractivity contribution in [1.29, 1.82) is 0 Å². The maximum Gasteiger partial charge on any atom is 0.326 e. The molecule has 0 radical (unpaired) electrons. The molecule has 0 saturated carbocycles. The number of nitrogens with one attached hydrogen (secondary N) is 8. The van der Waals surface area contributed by atoms with E-state index < -0.39 is 127 Å². The van der Waals surface area contributed by atoms with Crippen LogP contribution in [0.4, 0.5) is 0 Å². The highest BCUT2D eigenvalue weighted by Crippen LogP contribution is 2.24. The number of H-pyrrole nitrogens is 1. The van der Waals surface area contributed by atoms with Crippen LogP contribution in [0.1, 0.15) is 41.6 Å². The third kappa shape index (κ3) is 19.0. The molecule has 4 aromatic rings. The minimum absolute atomic E-state index is 0.0524. The van der Waals surface area contributed by atoms with Crippen molar-refractivity contribution in [3.63, 3.8) is 0 Å². The number of aromatic hydroxyl groups is 2. The molecule has 2 heterocycles. The average Bonchev–Trinajstić information content (AvgIpc) is 3.89. The van der Waals surface area contributed by atoms with Crippen LogP contribution in [0.25, 0.3) is 0 Å². The average molecular weight is 1080 g/mol. The summed E-state index contributed by atoms with van der Waals surface area (Å²) in [6, 6.07) is 6.70. The first kappa shape index (κ1) is 57.7. The van der Waals surface area contributed by atoms with Gasteiger partial charge in [0.1, 0.15) is 53.8 Å². The molecule has 400 valence electrons. The molecule has 25 nitrogen and oxygen atoms in total. The van der Waals surface area contributed by atoms with Gasteiger partial charge in [-0.2, -0.15) is 0 Å². The Balaban J connectivity index is 1.55. The molecule has 75 heavy (non-hydrogen) atoms. The molecule has 15 N–H and O–H groups in total. The number of carboxylic acids is 3. The van der Waals surface area contributed by atoms with Crippen molar-refractivity contribution < 1.29 is 73.5 Å². The van der Waals surface area contributed by atoms with E-state index in [-0.39, 0.29) is 48.7 Å². The van der Waals surface area contributed by atoms with Crippen LogP contribution in [0.15, 0.2) is 91.4 Å². The third-order valence-electron chi connectivity index (χ3n) is 11.4. The van der Waals surface area contributed by atoms with Gasteiger partial charge in [-0.15, -0.1) is 0 Å². The summed E-state index contributed by atoms with van der Waals surface area (Å²) in [5, 5.41) is 66.3. The van der Waals surface area contributed by atoms with Crippen LogP contribution in [0.5, 0.6) is 11.5 Å². The molecule has 1 aromatic heterocycles. The first-order valence-electron chi connectivity index (χ1n) is 23.1. The van der Waals surface area contributed by atoms with Crippen LogP contribution in [0.3, 0.4) is 0 Å². The number of hydrogen-bond acceptors (Lipinski definition) is 16. The summed E-state index contributed by atoms with van der Waals surface area (Å²) in [5.74, 6) is -12.7. The van der Waals surface area contributed by atoms with Gasteiger partial charge in [0.15, 0.2) is 0 Å². The second-order valence-corrected chi connectivity index (χ2v) is 19.7. The maximum atomic E-state index is 14.5. The predicted octanol–water partition coefficient (Wildman–Crippen LogP) is -1.37. The zero-order valence-corrected chi connectivity index (χ0v) is 41.4. The molecule has 0 bridgehead atoms. The summed E-state index contributed by atoms with van der Waals surface area (Å²) in [4.78, 5) is 142. The molecule has 5 rings (SSSR count). The standard InChI is InChI=1S/C48H56N10O15S2/c49-31(16-26-6-10-29(59)11-7-26)41(65)57-37-22-74-75-23-38(47(71)56-36(48(72)73)18-27-8-12-30(60)13-9-27)58-43(67)33(17-25-4-2-1-3-5-25)53-44(68)34(19-28-21-50-24-51-28)54-42(66)32(14-15-39(61)62)52-45(69)35(20-40(63)64)55-46(37)70/h1-13,21,24,31-38,59-60H,14-20,22-23,49H2,(H,50,51)(H,52,69)(H,53,68)(H,54,66)(H,55,70)(H,56,71)(H,57,65)(H,58,67)(H,61,62)(H,63,64)(H,72,73). The number of amides is 7. The Bertz CT molecular complexity index is 2650. The summed E-state index contributed by atoms with van der Waals surface area (Å²) in [7, 11) is 1.72. The number of carboxylic acid groups (broad SMARTS) is 3. The Hall–Kier alpha value is -8.17. The fraction of sp³-hybridized carbons (Fsp3) is 0.354. The lowest BCUT2D eigenvalue weighted by Gasteiger charge is -2.28. The van der Waals surface area contributed by atoms with E-state index in [9.17, 15) is 73.5 Å². The van der Waals surface area contributed by atoms with Crippen molar-refractivity contribution in [3.05, 3.63) is 114 Å². The molecule has 7 amide bonds. The number of nitrogens with two attached hydrogens (primary N) is 1. The smallest absolute Gasteiger partial charge is 0.326 e. The van der Waals surface area contributed by atoms with Crippen molar-refractivity contribution in [2.75, 3.05) is 11.5 Å². The van der Waals surface area contributed by atoms with Gasteiger partial charge in [-0.1, -0.05) is 76.2 Å². The Kier molecular flexibility index (Phi) is 21.8. The molecule has 27 heteroatoms. The summed E-state index contributed by atoms with van der Waals surface area (Å²) in [6.07, 6.45) is -0.670.